The van der Waals surface area contributed by atoms with Crippen LogP contribution in [0.5, 0.6) is 0 Å². The second kappa shape index (κ2) is 7.92. The average Bonchev–Trinajstić information content (AvgIpc) is 3.12. The largest absolute Gasteiger partial charge is 0.377 e. The third-order valence-electron chi connectivity index (χ3n) is 4.70. The van der Waals surface area contributed by atoms with E-state index in [1.165, 1.54) is 12.1 Å². The van der Waals surface area contributed by atoms with Gasteiger partial charge in [-0.05, 0) is 31.9 Å². The number of ether oxygens (including phenoxy) is 1. The molecule has 1 N–H and O–H groups in total. The molecule has 0 bridgehead atoms. The van der Waals surface area contributed by atoms with E-state index in [1.807, 2.05) is 17.7 Å². The fourth-order valence-electron chi connectivity index (χ4n) is 3.41. The summed E-state index contributed by atoms with van der Waals surface area (Å²) in [5, 5.41) is 18.8. The molecule has 4 rings (SSSR count). The fraction of sp³-hybridized carbons (Fsp3) is 0.368. The van der Waals surface area contributed by atoms with Crippen molar-refractivity contribution in [3.05, 3.63) is 57.8 Å². The summed E-state index contributed by atoms with van der Waals surface area (Å²) in [6.45, 7) is 3.10. The summed E-state index contributed by atoms with van der Waals surface area (Å²) in [4.78, 5) is 24.1. The summed E-state index contributed by atoms with van der Waals surface area (Å²) < 4.78 is 7.06. The lowest BCUT2D eigenvalue weighted by Crippen LogP contribution is -2.23. The number of fused-ring (bicyclic) bond motifs is 1. The number of rotatable bonds is 6. The van der Waals surface area contributed by atoms with Crippen molar-refractivity contribution < 1.29 is 9.66 Å². The third-order valence-corrected chi connectivity index (χ3v) is 4.70. The fourth-order valence-corrected chi connectivity index (χ4v) is 3.41. The van der Waals surface area contributed by atoms with Crippen LogP contribution in [-0.4, -0.2) is 36.8 Å². The van der Waals surface area contributed by atoms with Crippen molar-refractivity contribution in [2.24, 2.45) is 0 Å². The first kappa shape index (κ1) is 18.9. The number of nitrogens with zero attached hydrogens (tertiary/aromatic N) is 6. The van der Waals surface area contributed by atoms with Gasteiger partial charge in [-0.25, -0.2) is 19.6 Å². The lowest BCUT2D eigenvalue weighted by atomic mass is 10.1. The van der Waals surface area contributed by atoms with Crippen molar-refractivity contribution in [3.63, 3.8) is 0 Å². The number of nitrogens with one attached hydrogen (secondary N) is 1. The number of non-ortho nitro benzene ring substituents is 1. The van der Waals surface area contributed by atoms with E-state index in [2.05, 4.69) is 25.4 Å². The van der Waals surface area contributed by atoms with Gasteiger partial charge in [0.1, 0.15) is 18.2 Å². The Morgan fingerprint density at radius 3 is 2.79 bits per heavy atom. The predicted molar refractivity (Wildman–Crippen MR) is 105 cm³/mol. The number of nitro groups is 1. The molecule has 10 nitrogen and oxygen atoms in total. The van der Waals surface area contributed by atoms with E-state index in [0.717, 1.165) is 36.5 Å². The molecule has 2 aromatic heterocycles. The normalized spacial score (nSPS) is 15.7. The molecule has 0 aliphatic carbocycles. The molecule has 1 unspecified atom stereocenters. The van der Waals surface area contributed by atoms with Crippen LogP contribution in [-0.2, 0) is 17.9 Å². The van der Waals surface area contributed by atoms with Gasteiger partial charge in [0.15, 0.2) is 11.6 Å². The predicted octanol–water partition coefficient (Wildman–Crippen LogP) is 3.05. The van der Waals surface area contributed by atoms with Gasteiger partial charge < -0.3 is 10.1 Å². The van der Waals surface area contributed by atoms with Gasteiger partial charge in [-0.3, -0.25) is 10.1 Å². The van der Waals surface area contributed by atoms with E-state index in [4.69, 9.17) is 4.74 Å². The highest BCUT2D eigenvalue weighted by atomic mass is 16.6. The van der Waals surface area contributed by atoms with Crippen molar-refractivity contribution in [1.82, 2.24) is 24.7 Å². The number of nitro benzene ring substituents is 1. The molecule has 10 heteroatoms. The number of hydrogen-bond acceptors (Lipinski definition) is 8. The zero-order valence-electron chi connectivity index (χ0n) is 16.2. The van der Waals surface area contributed by atoms with Crippen LogP contribution in [0.3, 0.4) is 0 Å². The Hall–Kier alpha value is -3.40. The Balaban J connectivity index is 1.60. The highest BCUT2D eigenvalue weighted by Gasteiger charge is 2.25. The molecule has 1 aliphatic rings. The van der Waals surface area contributed by atoms with Crippen LogP contribution >= 0.6 is 0 Å². The minimum absolute atomic E-state index is 0.0131. The number of methoxy groups -OCH3 is 1. The van der Waals surface area contributed by atoms with E-state index in [1.54, 1.807) is 19.2 Å². The van der Waals surface area contributed by atoms with Crippen LogP contribution in [0.1, 0.15) is 36.2 Å². The molecule has 0 radical (unpaired) electrons. The first-order valence-corrected chi connectivity index (χ1v) is 9.33. The topological polar surface area (TPSA) is 121 Å². The SMILES string of the molecule is COCc1nc2n(n1)CCCC2Nc1cc(C)nc(-c2ccc([N+](=O)[O-])cc2)n1. The maximum Gasteiger partial charge on any atom is 0.269 e. The van der Waals surface area contributed by atoms with E-state index in [-0.39, 0.29) is 11.7 Å². The van der Waals surface area contributed by atoms with Gasteiger partial charge in [-0.15, -0.1) is 0 Å². The molecule has 0 saturated carbocycles. The third kappa shape index (κ3) is 4.06. The molecule has 1 atom stereocenters. The summed E-state index contributed by atoms with van der Waals surface area (Å²) in [5.41, 5.74) is 1.55. The maximum atomic E-state index is 10.9. The molecular formula is C19H21N7O3. The van der Waals surface area contributed by atoms with Gasteiger partial charge >= 0.3 is 0 Å². The minimum Gasteiger partial charge on any atom is -0.377 e. The summed E-state index contributed by atoms with van der Waals surface area (Å²) in [6.07, 6.45) is 1.90. The van der Waals surface area contributed by atoms with E-state index < -0.39 is 4.92 Å². The zero-order chi connectivity index (χ0) is 20.4. The Morgan fingerprint density at radius 1 is 1.28 bits per heavy atom. The van der Waals surface area contributed by atoms with Crippen LogP contribution in [0.15, 0.2) is 30.3 Å². The van der Waals surface area contributed by atoms with Crippen LogP contribution in [0, 0.1) is 17.0 Å². The number of anilines is 1. The smallest absolute Gasteiger partial charge is 0.269 e. The summed E-state index contributed by atoms with van der Waals surface area (Å²) >= 11 is 0. The molecule has 1 aromatic carbocycles. The standard InChI is InChI=1S/C19H21N7O3/c1-12-10-16(22-18(20-12)13-5-7-14(8-6-13)26(27)28)21-15-4-3-9-25-19(15)23-17(24-25)11-29-2/h5-8,10,15H,3-4,9,11H2,1-2H3,(H,20,21,22). The lowest BCUT2D eigenvalue weighted by Gasteiger charge is -2.23. The molecule has 0 spiro atoms. The first-order valence-electron chi connectivity index (χ1n) is 9.33. The highest BCUT2D eigenvalue weighted by Crippen LogP contribution is 2.28. The molecule has 0 saturated heterocycles. The maximum absolute atomic E-state index is 10.9. The van der Waals surface area contributed by atoms with Crippen molar-refractivity contribution in [3.8, 4) is 11.4 Å². The van der Waals surface area contributed by atoms with Crippen LogP contribution < -0.4 is 5.32 Å². The summed E-state index contributed by atoms with van der Waals surface area (Å²) in [5.74, 6) is 2.73. The van der Waals surface area contributed by atoms with Crippen LogP contribution in [0.25, 0.3) is 11.4 Å². The Morgan fingerprint density at radius 2 is 2.07 bits per heavy atom. The number of aromatic nitrogens is 5. The number of hydrogen-bond donors (Lipinski definition) is 1. The van der Waals surface area contributed by atoms with Crippen molar-refractivity contribution in [2.45, 2.75) is 39.0 Å². The van der Waals surface area contributed by atoms with Gasteiger partial charge in [0, 0.05) is 43.1 Å². The van der Waals surface area contributed by atoms with Crippen molar-refractivity contribution in [2.75, 3.05) is 12.4 Å². The Bertz CT molecular complexity index is 1030. The summed E-state index contributed by atoms with van der Waals surface area (Å²) in [6, 6.07) is 8.08. The lowest BCUT2D eigenvalue weighted by molar-refractivity contribution is -0.384. The second-order valence-corrected chi connectivity index (χ2v) is 6.90. The Labute approximate surface area is 167 Å². The molecular weight excluding hydrogens is 374 g/mol. The van der Waals surface area contributed by atoms with Gasteiger partial charge in [-0.1, -0.05) is 0 Å². The minimum atomic E-state index is -0.426. The van der Waals surface area contributed by atoms with Crippen molar-refractivity contribution >= 4 is 11.5 Å². The average molecular weight is 395 g/mol. The molecule has 1 aliphatic heterocycles. The van der Waals surface area contributed by atoms with Gasteiger partial charge in [0.2, 0.25) is 0 Å². The molecule has 0 amide bonds. The van der Waals surface area contributed by atoms with Gasteiger partial charge in [0.05, 0.1) is 11.0 Å². The number of benzene rings is 1. The van der Waals surface area contributed by atoms with E-state index in [0.29, 0.717) is 24.1 Å². The molecule has 3 heterocycles. The van der Waals surface area contributed by atoms with Crippen LogP contribution in [0.2, 0.25) is 0 Å². The first-order chi connectivity index (χ1) is 14.0. The second-order valence-electron chi connectivity index (χ2n) is 6.90. The van der Waals surface area contributed by atoms with E-state index >= 15 is 0 Å². The molecule has 3 aromatic rings. The Kier molecular flexibility index (Phi) is 5.17. The highest BCUT2D eigenvalue weighted by molar-refractivity contribution is 5.59. The quantitative estimate of drug-likeness (QED) is 0.499. The van der Waals surface area contributed by atoms with Crippen LogP contribution in [0.4, 0.5) is 11.5 Å². The zero-order valence-corrected chi connectivity index (χ0v) is 16.2. The molecule has 0 fully saturated rings. The van der Waals surface area contributed by atoms with Crippen molar-refractivity contribution in [1.29, 1.82) is 0 Å². The van der Waals surface area contributed by atoms with Gasteiger partial charge in [0.25, 0.3) is 5.69 Å². The van der Waals surface area contributed by atoms with Gasteiger partial charge in [-0.2, -0.15) is 5.10 Å². The monoisotopic (exact) mass is 395 g/mol. The molecule has 29 heavy (non-hydrogen) atoms. The number of aryl methyl sites for hydroxylation is 2. The summed E-state index contributed by atoms with van der Waals surface area (Å²) in [7, 11) is 1.62. The van der Waals surface area contributed by atoms with E-state index in [9.17, 15) is 10.1 Å². The molecule has 150 valence electrons.